The van der Waals surface area contributed by atoms with Crippen LogP contribution in [0.15, 0.2) is 24.4 Å². The molecule has 0 spiro atoms. The lowest BCUT2D eigenvalue weighted by atomic mass is 10.2. The van der Waals surface area contributed by atoms with Crippen molar-refractivity contribution in [3.05, 3.63) is 30.1 Å². The molecule has 21 heavy (non-hydrogen) atoms. The normalized spacial score (nSPS) is 10.2. The first-order valence-electron chi connectivity index (χ1n) is 7.18. The zero-order valence-electron chi connectivity index (χ0n) is 12.8. The fourth-order valence-electron chi connectivity index (χ4n) is 1.78. The molecule has 0 aliphatic rings. The first kappa shape index (κ1) is 17.1. The lowest BCUT2D eigenvalue weighted by Gasteiger charge is -2.17. The molecule has 2 N–H and O–H groups in total. The fourth-order valence-corrected chi connectivity index (χ4v) is 1.78. The van der Waals surface area contributed by atoms with Gasteiger partial charge in [-0.1, -0.05) is 6.07 Å². The van der Waals surface area contributed by atoms with Gasteiger partial charge in [0.25, 0.3) is 0 Å². The summed E-state index contributed by atoms with van der Waals surface area (Å²) in [4.78, 5) is 29.2. The summed E-state index contributed by atoms with van der Waals surface area (Å²) < 4.78 is 0. The molecular weight excluding hydrogens is 268 g/mol. The third-order valence-corrected chi connectivity index (χ3v) is 3.12. The molecule has 0 saturated heterocycles. The zero-order chi connectivity index (χ0) is 15.5. The third-order valence-electron chi connectivity index (χ3n) is 3.12. The van der Waals surface area contributed by atoms with Gasteiger partial charge in [0.15, 0.2) is 0 Å². The molecular formula is C15H24N4O2. The van der Waals surface area contributed by atoms with E-state index < -0.39 is 0 Å². The largest absolute Gasteiger partial charge is 0.347 e. The van der Waals surface area contributed by atoms with Crippen molar-refractivity contribution in [2.75, 3.05) is 33.7 Å². The van der Waals surface area contributed by atoms with Gasteiger partial charge in [-0.25, -0.2) is 0 Å². The summed E-state index contributed by atoms with van der Waals surface area (Å²) in [6.45, 7) is 1.44. The number of carbonyl (C=O) groups is 2. The van der Waals surface area contributed by atoms with E-state index in [4.69, 9.17) is 0 Å². The maximum atomic E-state index is 11.9. The number of nitrogens with zero attached hydrogens (tertiary/aromatic N) is 2. The van der Waals surface area contributed by atoms with Crippen molar-refractivity contribution in [3.8, 4) is 0 Å². The molecule has 0 saturated carbocycles. The molecule has 0 fully saturated rings. The molecule has 0 radical (unpaired) electrons. The summed E-state index contributed by atoms with van der Waals surface area (Å²) in [5.41, 5.74) is 0.952. The minimum absolute atomic E-state index is 0.0527. The minimum atomic E-state index is -0.0899. The molecule has 0 atom stereocenters. The SMILES string of the molecule is CNCCCC(=O)NCC(=O)N(C)CCc1ccccn1. The van der Waals surface area contributed by atoms with E-state index >= 15 is 0 Å². The molecule has 6 heteroatoms. The van der Waals surface area contributed by atoms with E-state index in [1.807, 2.05) is 25.2 Å². The Balaban J connectivity index is 2.20. The summed E-state index contributed by atoms with van der Waals surface area (Å²) in [5.74, 6) is -0.176. The molecule has 1 aromatic rings. The molecule has 0 bridgehead atoms. The number of amides is 2. The number of aromatic nitrogens is 1. The number of carbonyl (C=O) groups excluding carboxylic acids is 2. The number of rotatable bonds is 9. The highest BCUT2D eigenvalue weighted by Gasteiger charge is 2.10. The summed E-state index contributed by atoms with van der Waals surface area (Å²) in [6, 6.07) is 5.72. The van der Waals surface area contributed by atoms with Gasteiger partial charge in [-0.15, -0.1) is 0 Å². The lowest BCUT2D eigenvalue weighted by Crippen LogP contribution is -2.39. The second-order valence-corrected chi connectivity index (χ2v) is 4.87. The van der Waals surface area contributed by atoms with Gasteiger partial charge in [-0.2, -0.15) is 0 Å². The molecule has 2 amide bonds. The van der Waals surface area contributed by atoms with Crippen molar-refractivity contribution in [3.63, 3.8) is 0 Å². The number of hydrogen-bond acceptors (Lipinski definition) is 4. The molecule has 1 rings (SSSR count). The van der Waals surface area contributed by atoms with Gasteiger partial charge >= 0.3 is 0 Å². The Morgan fingerprint density at radius 3 is 2.81 bits per heavy atom. The monoisotopic (exact) mass is 292 g/mol. The highest BCUT2D eigenvalue weighted by molar-refractivity contribution is 5.84. The quantitative estimate of drug-likeness (QED) is 0.638. The van der Waals surface area contributed by atoms with Crippen LogP contribution in [0, 0.1) is 0 Å². The number of hydrogen-bond donors (Lipinski definition) is 2. The van der Waals surface area contributed by atoms with Crippen LogP contribution in [0.4, 0.5) is 0 Å². The van der Waals surface area contributed by atoms with Gasteiger partial charge < -0.3 is 15.5 Å². The predicted octanol–water partition coefficient (Wildman–Crippen LogP) is 0.198. The van der Waals surface area contributed by atoms with Gasteiger partial charge in [-0.05, 0) is 32.1 Å². The summed E-state index contributed by atoms with van der Waals surface area (Å²) in [6.07, 6.45) is 3.65. The Hall–Kier alpha value is -1.95. The van der Waals surface area contributed by atoms with Gasteiger partial charge in [0.1, 0.15) is 0 Å². The Morgan fingerprint density at radius 1 is 1.33 bits per heavy atom. The van der Waals surface area contributed by atoms with Crippen LogP contribution >= 0.6 is 0 Å². The van der Waals surface area contributed by atoms with Crippen LogP contribution in [0.5, 0.6) is 0 Å². The maximum absolute atomic E-state index is 11.9. The second-order valence-electron chi connectivity index (χ2n) is 4.87. The van der Waals surface area contributed by atoms with Crippen molar-refractivity contribution in [1.82, 2.24) is 20.5 Å². The molecule has 6 nitrogen and oxygen atoms in total. The summed E-state index contributed by atoms with van der Waals surface area (Å²) in [7, 11) is 3.58. The van der Waals surface area contributed by atoms with E-state index in [9.17, 15) is 9.59 Å². The smallest absolute Gasteiger partial charge is 0.241 e. The van der Waals surface area contributed by atoms with Crippen LogP contribution in [-0.2, 0) is 16.0 Å². The van der Waals surface area contributed by atoms with Gasteiger partial charge in [-0.3, -0.25) is 14.6 Å². The van der Waals surface area contributed by atoms with Crippen molar-refractivity contribution in [2.24, 2.45) is 0 Å². The van der Waals surface area contributed by atoms with Crippen molar-refractivity contribution in [1.29, 1.82) is 0 Å². The van der Waals surface area contributed by atoms with Gasteiger partial charge in [0, 0.05) is 38.3 Å². The Bertz CT molecular complexity index is 437. The van der Waals surface area contributed by atoms with Crippen LogP contribution in [0.2, 0.25) is 0 Å². The van der Waals surface area contributed by atoms with E-state index in [0.717, 1.165) is 18.7 Å². The molecule has 0 aromatic carbocycles. The van der Waals surface area contributed by atoms with Gasteiger partial charge in [0.05, 0.1) is 6.54 Å². The highest BCUT2D eigenvalue weighted by atomic mass is 16.2. The molecule has 1 heterocycles. The molecule has 116 valence electrons. The fraction of sp³-hybridized carbons (Fsp3) is 0.533. The topological polar surface area (TPSA) is 74.3 Å². The summed E-state index contributed by atoms with van der Waals surface area (Å²) >= 11 is 0. The number of likely N-dealkylation sites (N-methyl/N-ethyl adjacent to an activating group) is 1. The van der Waals surface area contributed by atoms with Crippen molar-refractivity contribution in [2.45, 2.75) is 19.3 Å². The van der Waals surface area contributed by atoms with E-state index in [1.165, 1.54) is 0 Å². The van der Waals surface area contributed by atoms with Gasteiger partial charge in [0.2, 0.25) is 11.8 Å². The maximum Gasteiger partial charge on any atom is 0.241 e. The zero-order valence-corrected chi connectivity index (χ0v) is 12.8. The van der Waals surface area contributed by atoms with E-state index in [1.54, 1.807) is 18.1 Å². The van der Waals surface area contributed by atoms with Crippen LogP contribution in [-0.4, -0.2) is 55.4 Å². The molecule has 0 unspecified atom stereocenters. The van der Waals surface area contributed by atoms with E-state index in [-0.39, 0.29) is 18.4 Å². The van der Waals surface area contributed by atoms with Crippen LogP contribution < -0.4 is 10.6 Å². The first-order valence-corrected chi connectivity index (χ1v) is 7.18. The molecule has 0 aliphatic carbocycles. The molecule has 0 aliphatic heterocycles. The van der Waals surface area contributed by atoms with Crippen LogP contribution in [0.25, 0.3) is 0 Å². The third kappa shape index (κ3) is 7.41. The standard InChI is InChI=1S/C15H24N4O2/c1-16-9-5-7-14(20)18-12-15(21)19(2)11-8-13-6-3-4-10-17-13/h3-4,6,10,16H,5,7-9,11-12H2,1-2H3,(H,18,20). The first-order chi connectivity index (χ1) is 10.1. The van der Waals surface area contributed by atoms with E-state index in [2.05, 4.69) is 15.6 Å². The highest BCUT2D eigenvalue weighted by Crippen LogP contribution is 1.96. The number of pyridine rings is 1. The van der Waals surface area contributed by atoms with E-state index in [0.29, 0.717) is 19.4 Å². The minimum Gasteiger partial charge on any atom is -0.347 e. The summed E-state index contributed by atoms with van der Waals surface area (Å²) in [5, 5.41) is 5.62. The predicted molar refractivity (Wildman–Crippen MR) is 81.7 cm³/mol. The Labute approximate surface area is 125 Å². The van der Waals surface area contributed by atoms with Crippen molar-refractivity contribution >= 4 is 11.8 Å². The Morgan fingerprint density at radius 2 is 2.14 bits per heavy atom. The number of nitrogens with one attached hydrogen (secondary N) is 2. The second kappa shape index (κ2) is 9.88. The average Bonchev–Trinajstić information content (AvgIpc) is 2.51. The average molecular weight is 292 g/mol. The van der Waals surface area contributed by atoms with Crippen molar-refractivity contribution < 1.29 is 9.59 Å². The Kier molecular flexibility index (Phi) is 8.04. The molecule has 1 aromatic heterocycles. The van der Waals surface area contributed by atoms with Crippen LogP contribution in [0.3, 0.4) is 0 Å². The lowest BCUT2D eigenvalue weighted by molar-refractivity contribution is -0.131. The van der Waals surface area contributed by atoms with Crippen LogP contribution in [0.1, 0.15) is 18.5 Å².